The normalized spacial score (nSPS) is 16.0. The Balaban J connectivity index is 1.71. The summed E-state index contributed by atoms with van der Waals surface area (Å²) in [4.78, 5) is 13.2. The number of nitrogens with zero attached hydrogens (tertiary/aromatic N) is 3. The van der Waals surface area contributed by atoms with Crippen molar-refractivity contribution in [2.75, 3.05) is 5.32 Å². The second kappa shape index (κ2) is 5.30. The van der Waals surface area contributed by atoms with E-state index >= 15 is 0 Å². The van der Waals surface area contributed by atoms with Crippen LogP contribution in [0.25, 0.3) is 10.9 Å². The highest BCUT2D eigenvalue weighted by molar-refractivity contribution is 6.33. The first-order valence-electron chi connectivity index (χ1n) is 7.79. The SMILES string of the molecule is Bc1ccc2nc(NC3(c4ncccc4F)CCC3)ncc2c1. The lowest BCUT2D eigenvalue weighted by Gasteiger charge is -2.42. The van der Waals surface area contributed by atoms with Gasteiger partial charge in [0.15, 0.2) is 0 Å². The summed E-state index contributed by atoms with van der Waals surface area (Å²) in [7, 11) is 2.04. The molecule has 0 amide bonds. The van der Waals surface area contributed by atoms with Crippen molar-refractivity contribution < 1.29 is 4.39 Å². The lowest BCUT2D eigenvalue weighted by molar-refractivity contribution is 0.265. The zero-order chi connectivity index (χ0) is 15.9. The third-order valence-electron chi connectivity index (χ3n) is 4.51. The Labute approximate surface area is 134 Å². The Bertz CT molecular complexity index is 879. The molecule has 1 N–H and O–H groups in total. The van der Waals surface area contributed by atoms with E-state index in [0.717, 1.165) is 30.2 Å². The highest BCUT2D eigenvalue weighted by Crippen LogP contribution is 2.43. The third kappa shape index (κ3) is 2.44. The second-order valence-electron chi connectivity index (χ2n) is 6.15. The summed E-state index contributed by atoms with van der Waals surface area (Å²) in [5.41, 5.74) is 2.01. The van der Waals surface area contributed by atoms with Crippen LogP contribution in [0.1, 0.15) is 25.0 Å². The number of rotatable bonds is 3. The van der Waals surface area contributed by atoms with Gasteiger partial charge in [0.1, 0.15) is 19.4 Å². The quantitative estimate of drug-likeness (QED) is 0.751. The van der Waals surface area contributed by atoms with Crippen LogP contribution in [0.4, 0.5) is 10.3 Å². The predicted molar refractivity (Wildman–Crippen MR) is 91.1 cm³/mol. The number of fused-ring (bicyclic) bond motifs is 1. The van der Waals surface area contributed by atoms with E-state index in [2.05, 4.69) is 26.3 Å². The number of halogens is 1. The summed E-state index contributed by atoms with van der Waals surface area (Å²) in [6.07, 6.45) is 6.13. The molecule has 4 nitrogen and oxygen atoms in total. The van der Waals surface area contributed by atoms with E-state index in [-0.39, 0.29) is 5.82 Å². The fourth-order valence-corrected chi connectivity index (χ4v) is 3.12. The van der Waals surface area contributed by atoms with Crippen molar-refractivity contribution in [3.05, 3.63) is 54.2 Å². The van der Waals surface area contributed by atoms with Gasteiger partial charge in [-0.25, -0.2) is 14.4 Å². The van der Waals surface area contributed by atoms with Gasteiger partial charge in [0.25, 0.3) is 0 Å². The molecule has 1 aliphatic rings. The highest BCUT2D eigenvalue weighted by atomic mass is 19.1. The summed E-state index contributed by atoms with van der Waals surface area (Å²) >= 11 is 0. The number of anilines is 1. The van der Waals surface area contributed by atoms with E-state index in [4.69, 9.17) is 0 Å². The van der Waals surface area contributed by atoms with Crippen LogP contribution in [0, 0.1) is 5.82 Å². The number of nitrogens with one attached hydrogen (secondary N) is 1. The van der Waals surface area contributed by atoms with Crippen molar-refractivity contribution in [3.8, 4) is 0 Å². The second-order valence-corrected chi connectivity index (χ2v) is 6.15. The Kier molecular flexibility index (Phi) is 3.25. The van der Waals surface area contributed by atoms with Crippen LogP contribution in [0.2, 0.25) is 0 Å². The topological polar surface area (TPSA) is 50.7 Å². The lowest BCUT2D eigenvalue weighted by Crippen LogP contribution is -2.44. The van der Waals surface area contributed by atoms with Gasteiger partial charge in [-0.15, -0.1) is 0 Å². The van der Waals surface area contributed by atoms with Crippen molar-refractivity contribution in [3.63, 3.8) is 0 Å². The van der Waals surface area contributed by atoms with Crippen molar-refractivity contribution in [1.29, 1.82) is 0 Å². The molecule has 0 atom stereocenters. The number of hydrogen-bond acceptors (Lipinski definition) is 4. The minimum atomic E-state index is -0.496. The van der Waals surface area contributed by atoms with Gasteiger partial charge in [0.05, 0.1) is 11.1 Å². The molecular weight excluding hydrogens is 290 g/mol. The zero-order valence-electron chi connectivity index (χ0n) is 12.9. The number of hydrogen-bond donors (Lipinski definition) is 1. The Hall–Kier alpha value is -2.50. The van der Waals surface area contributed by atoms with Gasteiger partial charge >= 0.3 is 0 Å². The molecule has 0 bridgehead atoms. The summed E-state index contributed by atoms with van der Waals surface area (Å²) in [6.45, 7) is 0. The smallest absolute Gasteiger partial charge is 0.223 e. The molecule has 114 valence electrons. The molecule has 3 aromatic rings. The molecular formula is C17H16BFN4. The van der Waals surface area contributed by atoms with Crippen LogP contribution in [0.5, 0.6) is 0 Å². The molecule has 0 unspecified atom stereocenters. The molecule has 0 aliphatic heterocycles. The first-order chi connectivity index (χ1) is 11.2. The van der Waals surface area contributed by atoms with Crippen LogP contribution in [0.3, 0.4) is 0 Å². The van der Waals surface area contributed by atoms with E-state index in [1.165, 1.54) is 11.5 Å². The molecule has 6 heteroatoms. The maximum atomic E-state index is 14.2. The van der Waals surface area contributed by atoms with E-state index in [1.54, 1.807) is 18.5 Å². The largest absolute Gasteiger partial charge is 0.343 e. The van der Waals surface area contributed by atoms with Gasteiger partial charge in [-0.3, -0.25) is 4.98 Å². The van der Waals surface area contributed by atoms with E-state index in [0.29, 0.717) is 11.6 Å². The van der Waals surface area contributed by atoms with E-state index < -0.39 is 5.54 Å². The fraction of sp³-hybridized carbons (Fsp3) is 0.235. The van der Waals surface area contributed by atoms with Gasteiger partial charge in [0.2, 0.25) is 5.95 Å². The number of aromatic nitrogens is 3. The minimum Gasteiger partial charge on any atom is -0.343 e. The van der Waals surface area contributed by atoms with Crippen molar-refractivity contribution in [1.82, 2.24) is 15.0 Å². The van der Waals surface area contributed by atoms with E-state index in [9.17, 15) is 4.39 Å². The monoisotopic (exact) mass is 306 g/mol. The molecule has 2 aromatic heterocycles. The summed E-state index contributed by atoms with van der Waals surface area (Å²) in [5, 5.41) is 4.33. The minimum absolute atomic E-state index is 0.281. The van der Waals surface area contributed by atoms with Gasteiger partial charge in [-0.05, 0) is 37.5 Å². The first kappa shape index (κ1) is 14.1. The summed E-state index contributed by atoms with van der Waals surface area (Å²) in [6, 6.07) is 9.12. The van der Waals surface area contributed by atoms with Gasteiger partial charge in [0, 0.05) is 17.8 Å². The van der Waals surface area contributed by atoms with Crippen molar-refractivity contribution in [2.45, 2.75) is 24.8 Å². The molecule has 0 radical (unpaired) electrons. The van der Waals surface area contributed by atoms with Gasteiger partial charge < -0.3 is 5.32 Å². The molecule has 4 rings (SSSR count). The molecule has 2 heterocycles. The van der Waals surface area contributed by atoms with E-state index in [1.807, 2.05) is 20.0 Å². The molecule has 0 saturated heterocycles. The van der Waals surface area contributed by atoms with Crippen LogP contribution < -0.4 is 10.8 Å². The highest BCUT2D eigenvalue weighted by Gasteiger charge is 2.42. The molecule has 1 aliphatic carbocycles. The molecule has 1 fully saturated rings. The number of benzene rings is 1. The molecule has 1 aromatic carbocycles. The lowest BCUT2D eigenvalue weighted by atomic mass is 9.74. The maximum Gasteiger partial charge on any atom is 0.223 e. The van der Waals surface area contributed by atoms with Gasteiger partial charge in [-0.1, -0.05) is 17.6 Å². The molecule has 23 heavy (non-hydrogen) atoms. The van der Waals surface area contributed by atoms with Crippen LogP contribution in [0.15, 0.2) is 42.7 Å². The molecule has 0 spiro atoms. The van der Waals surface area contributed by atoms with Crippen LogP contribution >= 0.6 is 0 Å². The maximum absolute atomic E-state index is 14.2. The Morgan fingerprint density at radius 3 is 2.78 bits per heavy atom. The Morgan fingerprint density at radius 1 is 1.17 bits per heavy atom. The average Bonchev–Trinajstić information content (AvgIpc) is 2.52. The van der Waals surface area contributed by atoms with Crippen LogP contribution in [-0.2, 0) is 5.54 Å². The van der Waals surface area contributed by atoms with Crippen LogP contribution in [-0.4, -0.2) is 22.8 Å². The molecule has 1 saturated carbocycles. The fourth-order valence-electron chi connectivity index (χ4n) is 3.12. The van der Waals surface area contributed by atoms with Gasteiger partial charge in [-0.2, -0.15) is 0 Å². The average molecular weight is 306 g/mol. The standard InChI is InChI=1S/C17H16BFN4/c18-12-4-5-14-11(9-12)10-21-16(22-14)23-17(6-2-7-17)15-13(19)3-1-8-20-15/h1,3-5,8-10H,2,6-7,18H2,(H,21,22,23). The summed E-state index contributed by atoms with van der Waals surface area (Å²) in [5.74, 6) is 0.238. The zero-order valence-corrected chi connectivity index (χ0v) is 12.9. The third-order valence-corrected chi connectivity index (χ3v) is 4.51. The first-order valence-corrected chi connectivity index (χ1v) is 7.79. The van der Waals surface area contributed by atoms with Crippen molar-refractivity contribution in [2.24, 2.45) is 0 Å². The Morgan fingerprint density at radius 2 is 2.04 bits per heavy atom. The number of pyridine rings is 1. The van der Waals surface area contributed by atoms with Crippen molar-refractivity contribution >= 4 is 30.2 Å². The summed E-state index contributed by atoms with van der Waals surface area (Å²) < 4.78 is 14.2. The predicted octanol–water partition coefficient (Wildman–Crippen LogP) is 1.91.